The lowest BCUT2D eigenvalue weighted by atomic mass is 10.2. The fraction of sp³-hybridized carbons (Fsp3) is 0.0500. The molecule has 10 heteroatoms. The molecule has 0 radical (unpaired) electrons. The molecule has 4 nitrogen and oxygen atoms in total. The number of sulfonamides is 1. The fourth-order valence-corrected chi connectivity index (χ4v) is 3.54. The summed E-state index contributed by atoms with van der Waals surface area (Å²) in [5.41, 5.74) is -0.556. The zero-order chi connectivity index (χ0) is 22.1. The molecule has 3 aromatic rings. The highest BCUT2D eigenvalue weighted by Crippen LogP contribution is 2.28. The monoisotopic (exact) mass is 440 g/mol. The van der Waals surface area contributed by atoms with Crippen LogP contribution < -0.4 is 4.72 Å². The SMILES string of the molecule is Cc1ccc(S(=O)(=O)Nc2ccccc2N=Cc2c(F)c(F)c(F)c(F)c2F)cc1. The van der Waals surface area contributed by atoms with Gasteiger partial charge in [0, 0.05) is 6.21 Å². The zero-order valence-corrected chi connectivity index (χ0v) is 16.1. The maximum absolute atomic E-state index is 13.8. The van der Waals surface area contributed by atoms with E-state index in [-0.39, 0.29) is 16.3 Å². The first-order valence-electron chi connectivity index (χ1n) is 8.36. The highest BCUT2D eigenvalue weighted by atomic mass is 32.2. The molecule has 0 amide bonds. The summed E-state index contributed by atoms with van der Waals surface area (Å²) in [6, 6.07) is 11.5. The summed E-state index contributed by atoms with van der Waals surface area (Å²) < 4.78 is 94.8. The molecule has 0 atom stereocenters. The lowest BCUT2D eigenvalue weighted by Gasteiger charge is -2.10. The van der Waals surface area contributed by atoms with E-state index in [0.29, 0.717) is 6.21 Å². The summed E-state index contributed by atoms with van der Waals surface area (Å²) in [4.78, 5) is 3.68. The number of nitrogens with zero attached hydrogens (tertiary/aromatic N) is 1. The van der Waals surface area contributed by atoms with Crippen LogP contribution in [0.1, 0.15) is 11.1 Å². The van der Waals surface area contributed by atoms with Crippen LogP contribution in [0.4, 0.5) is 33.3 Å². The van der Waals surface area contributed by atoms with Gasteiger partial charge in [0.15, 0.2) is 23.3 Å². The van der Waals surface area contributed by atoms with Crippen molar-refractivity contribution in [2.24, 2.45) is 4.99 Å². The van der Waals surface area contributed by atoms with Gasteiger partial charge in [-0.05, 0) is 31.2 Å². The van der Waals surface area contributed by atoms with Crippen LogP contribution in [0.15, 0.2) is 58.4 Å². The number of para-hydroxylation sites is 2. The van der Waals surface area contributed by atoms with Crippen molar-refractivity contribution in [1.82, 2.24) is 0 Å². The summed E-state index contributed by atoms with van der Waals surface area (Å²) in [6.07, 6.45) is 0.440. The largest absolute Gasteiger partial charge is 0.277 e. The standard InChI is InChI=1S/C20H13F5N2O2S/c1-11-6-8-12(9-7-11)30(28,29)27-15-5-3-2-4-14(15)26-10-13-16(21)18(23)20(25)19(24)17(13)22/h2-10,27H,1H3. The van der Waals surface area contributed by atoms with Crippen LogP contribution in [0, 0.1) is 36.0 Å². The Bertz CT molecular complexity index is 1210. The van der Waals surface area contributed by atoms with Gasteiger partial charge in [0.25, 0.3) is 10.0 Å². The smallest absolute Gasteiger partial charge is 0.261 e. The minimum absolute atomic E-state index is 0.0355. The van der Waals surface area contributed by atoms with E-state index in [0.717, 1.165) is 5.56 Å². The number of aliphatic imine (C=N–C) groups is 1. The number of hydrogen-bond acceptors (Lipinski definition) is 3. The summed E-state index contributed by atoms with van der Waals surface area (Å²) in [6.45, 7) is 1.78. The second-order valence-corrected chi connectivity index (χ2v) is 7.86. The topological polar surface area (TPSA) is 58.5 Å². The Morgan fingerprint density at radius 2 is 1.33 bits per heavy atom. The van der Waals surface area contributed by atoms with Crippen molar-refractivity contribution >= 4 is 27.6 Å². The van der Waals surface area contributed by atoms with Gasteiger partial charge in [0.05, 0.1) is 21.8 Å². The molecular weight excluding hydrogens is 427 g/mol. The van der Waals surface area contributed by atoms with Gasteiger partial charge in [0.2, 0.25) is 5.82 Å². The third-order valence-electron chi connectivity index (χ3n) is 4.06. The van der Waals surface area contributed by atoms with Crippen LogP contribution in [-0.2, 0) is 10.0 Å². The minimum Gasteiger partial charge on any atom is -0.277 e. The van der Waals surface area contributed by atoms with E-state index in [2.05, 4.69) is 9.71 Å². The Balaban J connectivity index is 1.98. The Kier molecular flexibility index (Phi) is 5.88. The Morgan fingerprint density at radius 3 is 1.93 bits per heavy atom. The molecule has 156 valence electrons. The highest BCUT2D eigenvalue weighted by molar-refractivity contribution is 7.92. The first-order valence-corrected chi connectivity index (χ1v) is 9.84. The van der Waals surface area contributed by atoms with Gasteiger partial charge in [0.1, 0.15) is 0 Å². The molecule has 0 saturated carbocycles. The first kappa shape index (κ1) is 21.4. The molecule has 30 heavy (non-hydrogen) atoms. The third-order valence-corrected chi connectivity index (χ3v) is 5.44. The van der Waals surface area contributed by atoms with Crippen molar-refractivity contribution in [3.8, 4) is 0 Å². The molecule has 3 rings (SSSR count). The van der Waals surface area contributed by atoms with E-state index in [1.54, 1.807) is 19.1 Å². The van der Waals surface area contributed by atoms with Gasteiger partial charge in [-0.25, -0.2) is 30.4 Å². The molecule has 1 N–H and O–H groups in total. The normalized spacial score (nSPS) is 11.8. The quantitative estimate of drug-likeness (QED) is 0.255. The van der Waals surface area contributed by atoms with E-state index in [9.17, 15) is 30.4 Å². The van der Waals surface area contributed by atoms with E-state index >= 15 is 0 Å². The molecule has 0 aliphatic carbocycles. The molecular formula is C20H13F5N2O2S. The van der Waals surface area contributed by atoms with Gasteiger partial charge in [-0.3, -0.25) is 9.71 Å². The summed E-state index contributed by atoms with van der Waals surface area (Å²) in [5, 5.41) is 0. The van der Waals surface area contributed by atoms with Gasteiger partial charge >= 0.3 is 0 Å². The second-order valence-electron chi connectivity index (χ2n) is 6.18. The number of rotatable bonds is 5. The van der Waals surface area contributed by atoms with Crippen molar-refractivity contribution in [3.63, 3.8) is 0 Å². The molecule has 3 aromatic carbocycles. The average molecular weight is 440 g/mol. The maximum atomic E-state index is 13.8. The third kappa shape index (κ3) is 4.18. The average Bonchev–Trinajstić information content (AvgIpc) is 2.72. The van der Waals surface area contributed by atoms with Crippen molar-refractivity contribution in [3.05, 3.63) is 88.7 Å². The van der Waals surface area contributed by atoms with E-state index in [4.69, 9.17) is 0 Å². The van der Waals surface area contributed by atoms with Crippen LogP contribution in [0.5, 0.6) is 0 Å². The second kappa shape index (κ2) is 8.23. The lowest BCUT2D eigenvalue weighted by molar-refractivity contribution is 0.377. The molecule has 0 bridgehead atoms. The summed E-state index contributed by atoms with van der Waals surface area (Å²) in [7, 11) is -4.01. The van der Waals surface area contributed by atoms with Crippen LogP contribution >= 0.6 is 0 Å². The fourth-order valence-electron chi connectivity index (χ4n) is 2.46. The molecule has 0 saturated heterocycles. The Labute approximate surface area is 168 Å². The first-order chi connectivity index (χ1) is 14.1. The minimum atomic E-state index is -4.01. The Hall–Kier alpha value is -3.27. The van der Waals surface area contributed by atoms with Gasteiger partial charge in [-0.15, -0.1) is 0 Å². The van der Waals surface area contributed by atoms with Crippen molar-refractivity contribution in [2.45, 2.75) is 11.8 Å². The van der Waals surface area contributed by atoms with Gasteiger partial charge in [-0.2, -0.15) is 0 Å². The van der Waals surface area contributed by atoms with Crippen LogP contribution in [-0.4, -0.2) is 14.6 Å². The number of halogens is 5. The summed E-state index contributed by atoms with van der Waals surface area (Å²) >= 11 is 0. The maximum Gasteiger partial charge on any atom is 0.261 e. The van der Waals surface area contributed by atoms with Crippen molar-refractivity contribution in [2.75, 3.05) is 4.72 Å². The molecule has 0 fully saturated rings. The van der Waals surface area contributed by atoms with E-state index in [1.807, 2.05) is 0 Å². The zero-order valence-electron chi connectivity index (χ0n) is 15.3. The van der Waals surface area contributed by atoms with E-state index in [1.165, 1.54) is 36.4 Å². The van der Waals surface area contributed by atoms with Crippen molar-refractivity contribution < 1.29 is 30.4 Å². The predicted molar refractivity (Wildman–Crippen MR) is 102 cm³/mol. The van der Waals surface area contributed by atoms with Gasteiger partial charge in [-0.1, -0.05) is 29.8 Å². The molecule has 0 aliphatic heterocycles. The van der Waals surface area contributed by atoms with Crippen LogP contribution in [0.25, 0.3) is 0 Å². The van der Waals surface area contributed by atoms with E-state index < -0.39 is 44.7 Å². The number of aryl methyl sites for hydroxylation is 1. The number of benzene rings is 3. The van der Waals surface area contributed by atoms with Gasteiger partial charge < -0.3 is 0 Å². The lowest BCUT2D eigenvalue weighted by Crippen LogP contribution is -2.13. The molecule has 0 heterocycles. The Morgan fingerprint density at radius 1 is 0.800 bits per heavy atom. The van der Waals surface area contributed by atoms with Crippen molar-refractivity contribution in [1.29, 1.82) is 0 Å². The molecule has 0 unspecified atom stereocenters. The molecule has 0 aromatic heterocycles. The molecule has 0 aliphatic rings. The number of hydrogen-bond donors (Lipinski definition) is 1. The molecule has 0 spiro atoms. The van der Waals surface area contributed by atoms with Crippen LogP contribution in [0.3, 0.4) is 0 Å². The highest BCUT2D eigenvalue weighted by Gasteiger charge is 2.24. The number of nitrogens with one attached hydrogen (secondary N) is 1. The summed E-state index contributed by atoms with van der Waals surface area (Å²) in [5.74, 6) is -10.6. The van der Waals surface area contributed by atoms with Crippen LogP contribution in [0.2, 0.25) is 0 Å². The predicted octanol–water partition coefficient (Wildman–Crippen LogP) is 5.24. The number of anilines is 1.